The van der Waals surface area contributed by atoms with E-state index in [0.717, 1.165) is 29.0 Å². The molecule has 1 aromatic rings. The maximum Gasteiger partial charge on any atom is 0.320 e. The molecule has 0 aromatic heterocycles. The van der Waals surface area contributed by atoms with Crippen molar-refractivity contribution >= 4 is 5.97 Å². The van der Waals surface area contributed by atoms with E-state index in [2.05, 4.69) is 5.32 Å². The third kappa shape index (κ3) is 3.47. The monoisotopic (exact) mass is 293 g/mol. The summed E-state index contributed by atoms with van der Waals surface area (Å²) >= 11 is 0. The second-order valence-corrected chi connectivity index (χ2v) is 5.85. The second kappa shape index (κ2) is 6.35. The van der Waals surface area contributed by atoms with Crippen LogP contribution in [0, 0.1) is 5.92 Å². The van der Waals surface area contributed by atoms with Crippen LogP contribution in [0.15, 0.2) is 12.1 Å². The SMILES string of the molecule is COc1cc(CN[C@H](C(=O)O)C(C)C)c2c(c1)CC(C)O2. The van der Waals surface area contributed by atoms with Crippen molar-refractivity contribution in [3.63, 3.8) is 0 Å². The average molecular weight is 293 g/mol. The van der Waals surface area contributed by atoms with E-state index in [0.29, 0.717) is 6.54 Å². The summed E-state index contributed by atoms with van der Waals surface area (Å²) in [4.78, 5) is 11.3. The Labute approximate surface area is 125 Å². The summed E-state index contributed by atoms with van der Waals surface area (Å²) in [6.45, 7) is 6.25. The maximum absolute atomic E-state index is 11.3. The summed E-state index contributed by atoms with van der Waals surface area (Å²) in [5.41, 5.74) is 2.07. The highest BCUT2D eigenvalue weighted by molar-refractivity contribution is 5.73. The Bertz CT molecular complexity index is 527. The van der Waals surface area contributed by atoms with Gasteiger partial charge in [0.15, 0.2) is 0 Å². The van der Waals surface area contributed by atoms with Crippen LogP contribution in [0.25, 0.3) is 0 Å². The van der Waals surface area contributed by atoms with Gasteiger partial charge in [-0.3, -0.25) is 10.1 Å². The molecule has 116 valence electrons. The zero-order chi connectivity index (χ0) is 15.6. The molecular formula is C16H23NO4. The lowest BCUT2D eigenvalue weighted by Crippen LogP contribution is -2.40. The minimum atomic E-state index is -0.834. The van der Waals surface area contributed by atoms with Gasteiger partial charge in [0, 0.05) is 24.1 Å². The fraction of sp³-hybridized carbons (Fsp3) is 0.562. The topological polar surface area (TPSA) is 67.8 Å². The second-order valence-electron chi connectivity index (χ2n) is 5.85. The van der Waals surface area contributed by atoms with Gasteiger partial charge >= 0.3 is 5.97 Å². The van der Waals surface area contributed by atoms with Crippen molar-refractivity contribution in [1.82, 2.24) is 5.32 Å². The quantitative estimate of drug-likeness (QED) is 0.841. The standard InChI is InChI=1S/C16H23NO4/c1-9(2)14(16(18)19)17-8-12-7-13(20-4)6-11-5-10(3)21-15(11)12/h6-7,9-10,14,17H,5,8H2,1-4H3,(H,18,19)/t10?,14-/m0/s1. The Balaban J connectivity index is 2.20. The molecule has 0 bridgehead atoms. The predicted octanol–water partition coefficient (Wildman–Crippen LogP) is 2.22. The van der Waals surface area contributed by atoms with Gasteiger partial charge in [-0.15, -0.1) is 0 Å². The van der Waals surface area contributed by atoms with Gasteiger partial charge in [0.2, 0.25) is 0 Å². The van der Waals surface area contributed by atoms with Crippen molar-refractivity contribution in [2.24, 2.45) is 5.92 Å². The number of carboxylic acid groups (broad SMARTS) is 1. The van der Waals surface area contributed by atoms with Crippen LogP contribution in [0.4, 0.5) is 0 Å². The highest BCUT2D eigenvalue weighted by atomic mass is 16.5. The molecule has 5 nitrogen and oxygen atoms in total. The Morgan fingerprint density at radius 1 is 1.52 bits per heavy atom. The average Bonchev–Trinajstić information content (AvgIpc) is 2.78. The number of fused-ring (bicyclic) bond motifs is 1. The fourth-order valence-electron chi connectivity index (χ4n) is 2.66. The summed E-state index contributed by atoms with van der Waals surface area (Å²) < 4.78 is 11.2. The van der Waals surface area contributed by atoms with E-state index in [1.54, 1.807) is 7.11 Å². The molecular weight excluding hydrogens is 270 g/mol. The molecule has 2 rings (SSSR count). The molecule has 1 aromatic carbocycles. The molecule has 1 unspecified atom stereocenters. The van der Waals surface area contributed by atoms with Crippen LogP contribution >= 0.6 is 0 Å². The number of nitrogens with one attached hydrogen (secondary N) is 1. The first-order valence-corrected chi connectivity index (χ1v) is 7.25. The van der Waals surface area contributed by atoms with Crippen LogP contribution in [-0.4, -0.2) is 30.3 Å². The number of ether oxygens (including phenoxy) is 2. The highest BCUT2D eigenvalue weighted by Gasteiger charge is 2.25. The number of hydrogen-bond donors (Lipinski definition) is 2. The third-order valence-electron chi connectivity index (χ3n) is 3.72. The molecule has 2 N–H and O–H groups in total. The van der Waals surface area contributed by atoms with E-state index < -0.39 is 12.0 Å². The Morgan fingerprint density at radius 2 is 2.24 bits per heavy atom. The van der Waals surface area contributed by atoms with E-state index in [4.69, 9.17) is 9.47 Å². The summed E-state index contributed by atoms with van der Waals surface area (Å²) in [6, 6.07) is 3.31. The minimum absolute atomic E-state index is 0.0148. The van der Waals surface area contributed by atoms with E-state index in [9.17, 15) is 9.90 Å². The van der Waals surface area contributed by atoms with Crippen molar-refractivity contribution in [1.29, 1.82) is 0 Å². The number of rotatable bonds is 6. The van der Waals surface area contributed by atoms with Crippen LogP contribution < -0.4 is 14.8 Å². The van der Waals surface area contributed by atoms with Crippen molar-refractivity contribution in [2.45, 2.75) is 45.9 Å². The molecule has 21 heavy (non-hydrogen) atoms. The molecule has 1 aliphatic heterocycles. The van der Waals surface area contributed by atoms with E-state index in [-0.39, 0.29) is 12.0 Å². The van der Waals surface area contributed by atoms with E-state index >= 15 is 0 Å². The first-order valence-electron chi connectivity index (χ1n) is 7.25. The number of benzene rings is 1. The van der Waals surface area contributed by atoms with Crippen LogP contribution in [0.3, 0.4) is 0 Å². The number of carboxylic acids is 1. The summed E-state index contributed by atoms with van der Waals surface area (Å²) in [5.74, 6) is 0.822. The zero-order valence-corrected chi connectivity index (χ0v) is 13.0. The molecule has 0 aliphatic carbocycles. The molecule has 0 saturated heterocycles. The Hall–Kier alpha value is -1.75. The van der Waals surface area contributed by atoms with Gasteiger partial charge in [0.1, 0.15) is 23.6 Å². The molecule has 1 aliphatic rings. The Morgan fingerprint density at radius 3 is 2.81 bits per heavy atom. The summed E-state index contributed by atoms with van der Waals surface area (Å²) in [7, 11) is 1.63. The van der Waals surface area contributed by atoms with Crippen LogP contribution in [0.5, 0.6) is 11.5 Å². The molecule has 0 saturated carbocycles. The highest BCUT2D eigenvalue weighted by Crippen LogP contribution is 2.36. The fourth-order valence-corrected chi connectivity index (χ4v) is 2.66. The molecule has 1 heterocycles. The number of carbonyl (C=O) groups is 1. The summed E-state index contributed by atoms with van der Waals surface area (Å²) in [6.07, 6.45) is 0.998. The van der Waals surface area contributed by atoms with Gasteiger partial charge in [-0.05, 0) is 25.0 Å². The van der Waals surface area contributed by atoms with Crippen molar-refractivity contribution in [3.05, 3.63) is 23.3 Å². The van der Waals surface area contributed by atoms with Crippen molar-refractivity contribution < 1.29 is 19.4 Å². The lowest BCUT2D eigenvalue weighted by atomic mass is 10.0. The van der Waals surface area contributed by atoms with Crippen LogP contribution in [-0.2, 0) is 17.8 Å². The number of aliphatic carboxylic acids is 1. The first kappa shape index (κ1) is 15.6. The molecule has 0 fully saturated rings. The predicted molar refractivity (Wildman–Crippen MR) is 79.9 cm³/mol. The smallest absolute Gasteiger partial charge is 0.320 e. The lowest BCUT2D eigenvalue weighted by Gasteiger charge is -2.19. The number of hydrogen-bond acceptors (Lipinski definition) is 4. The molecule has 0 radical (unpaired) electrons. The molecule has 0 spiro atoms. The summed E-state index contributed by atoms with van der Waals surface area (Å²) in [5, 5.41) is 12.3. The zero-order valence-electron chi connectivity index (χ0n) is 13.0. The van der Waals surface area contributed by atoms with Crippen LogP contribution in [0.1, 0.15) is 31.9 Å². The van der Waals surface area contributed by atoms with Gasteiger partial charge in [-0.1, -0.05) is 13.8 Å². The Kier molecular flexibility index (Phi) is 4.73. The molecule has 2 atom stereocenters. The van der Waals surface area contributed by atoms with Gasteiger partial charge < -0.3 is 14.6 Å². The normalized spacial score (nSPS) is 18.2. The first-order chi connectivity index (χ1) is 9.92. The third-order valence-corrected chi connectivity index (χ3v) is 3.72. The minimum Gasteiger partial charge on any atom is -0.497 e. The number of methoxy groups -OCH3 is 1. The van der Waals surface area contributed by atoms with E-state index in [1.807, 2.05) is 32.9 Å². The van der Waals surface area contributed by atoms with Gasteiger partial charge in [-0.25, -0.2) is 0 Å². The van der Waals surface area contributed by atoms with Crippen molar-refractivity contribution in [3.8, 4) is 11.5 Å². The lowest BCUT2D eigenvalue weighted by molar-refractivity contribution is -0.140. The molecule has 5 heteroatoms. The van der Waals surface area contributed by atoms with Gasteiger partial charge in [0.25, 0.3) is 0 Å². The van der Waals surface area contributed by atoms with Gasteiger partial charge in [0.05, 0.1) is 7.11 Å². The van der Waals surface area contributed by atoms with Crippen LogP contribution in [0.2, 0.25) is 0 Å². The molecule has 0 amide bonds. The van der Waals surface area contributed by atoms with E-state index in [1.165, 1.54) is 0 Å². The van der Waals surface area contributed by atoms with Crippen molar-refractivity contribution in [2.75, 3.05) is 7.11 Å². The maximum atomic E-state index is 11.3. The van der Waals surface area contributed by atoms with Gasteiger partial charge in [-0.2, -0.15) is 0 Å². The largest absolute Gasteiger partial charge is 0.497 e.